The fraction of sp³-hybridized carbons (Fsp3) is 0.0526. The van der Waals surface area contributed by atoms with Crippen LogP contribution in [0.15, 0.2) is 69.0 Å². The third-order valence-corrected chi connectivity index (χ3v) is 5.53. The van der Waals surface area contributed by atoms with Crippen LogP contribution in [0.3, 0.4) is 0 Å². The van der Waals surface area contributed by atoms with Gasteiger partial charge >= 0.3 is 0 Å². The zero-order chi connectivity index (χ0) is 20.9. The minimum atomic E-state index is -3.98. The number of halogens is 2. The lowest BCUT2D eigenvalue weighted by atomic mass is 10.2. The predicted molar refractivity (Wildman–Crippen MR) is 109 cm³/mol. The molecule has 2 aromatic carbocycles. The first-order chi connectivity index (χ1) is 13.9. The summed E-state index contributed by atoms with van der Waals surface area (Å²) in [5.74, 6) is 1.42. The maximum atomic E-state index is 12.3. The van der Waals surface area contributed by atoms with Gasteiger partial charge in [-0.2, -0.15) is 23.6 Å². The molecule has 1 N–H and O–H groups in total. The summed E-state index contributed by atoms with van der Waals surface area (Å²) in [6.45, 7) is 0.156. The first-order valence-electron chi connectivity index (χ1n) is 8.09. The van der Waals surface area contributed by atoms with Crippen LogP contribution >= 0.6 is 23.2 Å². The van der Waals surface area contributed by atoms with E-state index in [-0.39, 0.29) is 21.5 Å². The Bertz CT molecular complexity index is 1180. The Morgan fingerprint density at radius 3 is 2.62 bits per heavy atom. The average molecular weight is 450 g/mol. The summed E-state index contributed by atoms with van der Waals surface area (Å²) >= 11 is 11.7. The fourth-order valence-electron chi connectivity index (χ4n) is 2.21. The van der Waals surface area contributed by atoms with Crippen molar-refractivity contribution in [2.24, 2.45) is 5.10 Å². The van der Waals surface area contributed by atoms with Gasteiger partial charge in [0.1, 0.15) is 28.8 Å². The molecular formula is C19H13Cl2N3O4S. The van der Waals surface area contributed by atoms with E-state index < -0.39 is 10.0 Å². The summed E-state index contributed by atoms with van der Waals surface area (Å²) in [5.41, 5.74) is 0.537. The van der Waals surface area contributed by atoms with Crippen LogP contribution < -0.4 is 9.57 Å². The molecule has 0 saturated carbocycles. The zero-order valence-electron chi connectivity index (χ0n) is 14.7. The lowest BCUT2D eigenvalue weighted by Crippen LogP contribution is -2.18. The van der Waals surface area contributed by atoms with Gasteiger partial charge in [0.15, 0.2) is 0 Å². The molecule has 0 unspecified atom stereocenters. The van der Waals surface area contributed by atoms with Crippen molar-refractivity contribution in [2.75, 3.05) is 0 Å². The van der Waals surface area contributed by atoms with E-state index in [0.29, 0.717) is 22.8 Å². The van der Waals surface area contributed by atoms with Gasteiger partial charge in [0.25, 0.3) is 10.0 Å². The van der Waals surface area contributed by atoms with Gasteiger partial charge in [-0.15, -0.1) is 0 Å². The number of nitrogens with zero attached hydrogens (tertiary/aromatic N) is 2. The molecule has 0 aliphatic heterocycles. The quantitative estimate of drug-likeness (QED) is 0.426. The normalized spacial score (nSPS) is 11.3. The minimum Gasteiger partial charge on any atom is -0.486 e. The molecule has 0 saturated heterocycles. The number of hydrogen-bond acceptors (Lipinski definition) is 6. The van der Waals surface area contributed by atoms with Gasteiger partial charge < -0.3 is 9.15 Å². The Labute approximate surface area is 177 Å². The molecule has 148 valence electrons. The van der Waals surface area contributed by atoms with Crippen LogP contribution in [0.2, 0.25) is 10.0 Å². The molecule has 0 radical (unpaired) electrons. The molecule has 0 aliphatic rings. The van der Waals surface area contributed by atoms with E-state index in [2.05, 4.69) is 9.93 Å². The van der Waals surface area contributed by atoms with Crippen molar-refractivity contribution in [2.45, 2.75) is 11.5 Å². The van der Waals surface area contributed by atoms with Gasteiger partial charge in [0, 0.05) is 5.02 Å². The van der Waals surface area contributed by atoms with Crippen LogP contribution in [0, 0.1) is 11.3 Å². The summed E-state index contributed by atoms with van der Waals surface area (Å²) in [7, 11) is -3.98. The number of nitrogens with one attached hydrogen (secondary N) is 1. The van der Waals surface area contributed by atoms with Crippen molar-refractivity contribution in [3.05, 3.63) is 81.7 Å². The van der Waals surface area contributed by atoms with Gasteiger partial charge in [0.2, 0.25) is 0 Å². The topological polar surface area (TPSA) is 105 Å². The number of benzene rings is 2. The van der Waals surface area contributed by atoms with Gasteiger partial charge in [-0.25, -0.2) is 0 Å². The maximum Gasteiger partial charge on any atom is 0.278 e. The molecule has 1 heterocycles. The first-order valence-corrected chi connectivity index (χ1v) is 10.3. The summed E-state index contributed by atoms with van der Waals surface area (Å²) in [6, 6.07) is 16.1. The Balaban J connectivity index is 1.60. The van der Waals surface area contributed by atoms with Crippen molar-refractivity contribution in [3.8, 4) is 11.8 Å². The molecule has 0 amide bonds. The van der Waals surface area contributed by atoms with Crippen molar-refractivity contribution < 1.29 is 17.6 Å². The van der Waals surface area contributed by atoms with Crippen LogP contribution in [0.25, 0.3) is 0 Å². The monoisotopic (exact) mass is 449 g/mol. The highest BCUT2D eigenvalue weighted by Crippen LogP contribution is 2.24. The van der Waals surface area contributed by atoms with Gasteiger partial charge in [-0.05, 0) is 54.6 Å². The summed E-state index contributed by atoms with van der Waals surface area (Å²) in [6.07, 6.45) is 1.21. The molecule has 1 aromatic heterocycles. The minimum absolute atomic E-state index is 0.0253. The fourth-order valence-corrected chi connectivity index (χ4v) is 3.77. The second-order valence-electron chi connectivity index (χ2n) is 5.66. The summed E-state index contributed by atoms with van der Waals surface area (Å²) in [5, 5.41) is 12.7. The number of furan rings is 1. The van der Waals surface area contributed by atoms with Crippen LogP contribution in [0.4, 0.5) is 0 Å². The van der Waals surface area contributed by atoms with E-state index >= 15 is 0 Å². The zero-order valence-corrected chi connectivity index (χ0v) is 17.0. The highest BCUT2D eigenvalue weighted by Gasteiger charge is 2.17. The molecule has 0 bridgehead atoms. The van der Waals surface area contributed by atoms with Gasteiger partial charge in [-0.3, -0.25) is 0 Å². The number of hydrogen-bond donors (Lipinski definition) is 1. The molecule has 29 heavy (non-hydrogen) atoms. The van der Waals surface area contributed by atoms with Crippen LogP contribution in [0.5, 0.6) is 5.75 Å². The highest BCUT2D eigenvalue weighted by molar-refractivity contribution is 7.89. The molecule has 7 nitrogen and oxygen atoms in total. The highest BCUT2D eigenvalue weighted by atomic mass is 35.5. The van der Waals surface area contributed by atoms with Crippen molar-refractivity contribution >= 4 is 39.4 Å². The Morgan fingerprint density at radius 1 is 1.14 bits per heavy atom. The lowest BCUT2D eigenvalue weighted by molar-refractivity contribution is 0.270. The molecule has 0 fully saturated rings. The number of rotatable bonds is 7. The third kappa shape index (κ3) is 5.51. The van der Waals surface area contributed by atoms with E-state index in [1.54, 1.807) is 36.4 Å². The average Bonchev–Trinajstić information content (AvgIpc) is 3.16. The van der Waals surface area contributed by atoms with Crippen LogP contribution in [0.1, 0.15) is 17.1 Å². The van der Waals surface area contributed by atoms with Gasteiger partial charge in [-0.1, -0.05) is 23.2 Å². The van der Waals surface area contributed by atoms with E-state index in [1.807, 2.05) is 6.07 Å². The summed E-state index contributed by atoms with van der Waals surface area (Å²) in [4.78, 5) is 1.87. The molecule has 10 heteroatoms. The van der Waals surface area contributed by atoms with E-state index in [4.69, 9.17) is 37.6 Å². The lowest BCUT2D eigenvalue weighted by Gasteiger charge is -2.05. The van der Waals surface area contributed by atoms with Crippen molar-refractivity contribution in [1.29, 1.82) is 5.26 Å². The second kappa shape index (κ2) is 9.01. The summed E-state index contributed by atoms with van der Waals surface area (Å²) < 4.78 is 35.6. The van der Waals surface area contributed by atoms with E-state index in [9.17, 15) is 8.42 Å². The molecule has 3 aromatic rings. The number of nitriles is 1. The smallest absolute Gasteiger partial charge is 0.278 e. The largest absolute Gasteiger partial charge is 0.486 e. The maximum absolute atomic E-state index is 12.3. The number of hydrazone groups is 1. The molecule has 3 rings (SSSR count). The Hall–Kier alpha value is -2.99. The van der Waals surface area contributed by atoms with Crippen LogP contribution in [-0.4, -0.2) is 14.6 Å². The molecular weight excluding hydrogens is 437 g/mol. The second-order valence-corrected chi connectivity index (χ2v) is 8.13. The standard InChI is InChI=1S/C19H13Cl2N3O4S/c20-14-3-8-18(21)19(9-14)29(25,26)24-23-11-16-6-7-17(28-16)12-27-15-4-1-13(10-22)2-5-15/h1-9,11,24H,12H2/b23-11+. The molecule has 0 aliphatic carbocycles. The first kappa shape index (κ1) is 20.7. The van der Waals surface area contributed by atoms with E-state index in [0.717, 1.165) is 0 Å². The SMILES string of the molecule is N#Cc1ccc(OCc2ccc(/C=N/NS(=O)(=O)c3cc(Cl)ccc3Cl)o2)cc1. The van der Waals surface area contributed by atoms with Crippen LogP contribution in [-0.2, 0) is 16.6 Å². The van der Waals surface area contributed by atoms with Crippen molar-refractivity contribution in [3.63, 3.8) is 0 Å². The van der Waals surface area contributed by atoms with Crippen molar-refractivity contribution in [1.82, 2.24) is 4.83 Å². The number of ether oxygens (including phenoxy) is 1. The predicted octanol–water partition coefficient (Wildman–Crippen LogP) is 4.35. The third-order valence-electron chi connectivity index (χ3n) is 3.59. The van der Waals surface area contributed by atoms with E-state index in [1.165, 1.54) is 24.4 Å². The number of sulfonamides is 1. The Kier molecular flexibility index (Phi) is 6.44. The molecule has 0 atom stereocenters. The van der Waals surface area contributed by atoms with Gasteiger partial charge in [0.05, 0.1) is 22.9 Å². The Morgan fingerprint density at radius 2 is 1.90 bits per heavy atom. The molecule has 0 spiro atoms.